The molecule has 0 aromatic heterocycles. The molecule has 2 aromatic carbocycles. The molecule has 2 amide bonds. The maximum absolute atomic E-state index is 12.1. The summed E-state index contributed by atoms with van der Waals surface area (Å²) in [7, 11) is 1.60. The first kappa shape index (κ1) is 22.0. The number of unbranched alkanes of at least 4 members (excludes halogenated alkanes) is 1. The van der Waals surface area contributed by atoms with Gasteiger partial charge in [0, 0.05) is 25.2 Å². The highest BCUT2D eigenvalue weighted by Crippen LogP contribution is 2.28. The zero-order chi connectivity index (χ0) is 21.1. The molecule has 0 fully saturated rings. The molecule has 0 radical (unpaired) electrons. The van der Waals surface area contributed by atoms with Crippen molar-refractivity contribution in [1.29, 1.82) is 0 Å². The monoisotopic (exact) mass is 396 g/mol. The first-order valence-electron chi connectivity index (χ1n) is 9.65. The van der Waals surface area contributed by atoms with Crippen molar-refractivity contribution in [2.45, 2.75) is 33.2 Å². The van der Waals surface area contributed by atoms with Crippen LogP contribution in [0.3, 0.4) is 0 Å². The van der Waals surface area contributed by atoms with Crippen LogP contribution in [0.5, 0.6) is 11.5 Å². The summed E-state index contributed by atoms with van der Waals surface area (Å²) in [6.07, 6.45) is 5.26. The molecule has 2 aromatic rings. The summed E-state index contributed by atoms with van der Waals surface area (Å²) >= 11 is 0. The van der Waals surface area contributed by atoms with Crippen LogP contribution in [0.2, 0.25) is 0 Å². The van der Waals surface area contributed by atoms with Gasteiger partial charge in [-0.3, -0.25) is 9.59 Å². The van der Waals surface area contributed by atoms with Crippen molar-refractivity contribution in [2.24, 2.45) is 0 Å². The number of hydrogen-bond donors (Lipinski definition) is 2. The Morgan fingerprint density at radius 3 is 2.48 bits per heavy atom. The van der Waals surface area contributed by atoms with Crippen LogP contribution in [0.15, 0.2) is 48.5 Å². The van der Waals surface area contributed by atoms with Gasteiger partial charge in [-0.05, 0) is 47.9 Å². The molecule has 0 unspecified atom stereocenters. The number of methoxy groups -OCH3 is 1. The molecule has 0 bridgehead atoms. The molecule has 2 rings (SSSR count). The van der Waals surface area contributed by atoms with E-state index in [9.17, 15) is 9.59 Å². The van der Waals surface area contributed by atoms with Gasteiger partial charge in [0.05, 0.1) is 13.7 Å². The zero-order valence-corrected chi connectivity index (χ0v) is 17.2. The molecular formula is C23H28N2O4. The zero-order valence-electron chi connectivity index (χ0n) is 17.2. The average molecular weight is 396 g/mol. The molecule has 0 aliphatic heterocycles. The van der Waals surface area contributed by atoms with E-state index in [1.807, 2.05) is 30.3 Å². The van der Waals surface area contributed by atoms with Crippen molar-refractivity contribution < 1.29 is 19.1 Å². The van der Waals surface area contributed by atoms with E-state index in [-0.39, 0.29) is 11.8 Å². The molecule has 0 saturated heterocycles. The quantitative estimate of drug-likeness (QED) is 0.467. The third-order valence-corrected chi connectivity index (χ3v) is 4.11. The predicted molar refractivity (Wildman–Crippen MR) is 115 cm³/mol. The fraction of sp³-hybridized carbons (Fsp3) is 0.304. The second-order valence-corrected chi connectivity index (χ2v) is 6.54. The second kappa shape index (κ2) is 11.5. The molecule has 6 nitrogen and oxygen atoms in total. The van der Waals surface area contributed by atoms with Crippen LogP contribution in [0.4, 0.5) is 5.69 Å². The Hall–Kier alpha value is -3.28. The van der Waals surface area contributed by atoms with Crippen molar-refractivity contribution in [3.8, 4) is 11.5 Å². The van der Waals surface area contributed by atoms with Gasteiger partial charge in [0.1, 0.15) is 0 Å². The lowest BCUT2D eigenvalue weighted by Crippen LogP contribution is -2.20. The Labute approximate surface area is 171 Å². The summed E-state index contributed by atoms with van der Waals surface area (Å²) < 4.78 is 11.1. The summed E-state index contributed by atoms with van der Waals surface area (Å²) in [5.41, 5.74) is 2.51. The van der Waals surface area contributed by atoms with E-state index in [0.717, 1.165) is 29.7 Å². The lowest BCUT2D eigenvalue weighted by Gasteiger charge is -2.12. The molecule has 0 saturated carbocycles. The standard InChI is InChI=1S/C23H28N2O4/c1-4-5-14-29-21-12-8-19(15-22(21)28-3)16-24-23(27)13-9-18-6-10-20(11-7-18)25-17(2)26/h6-13,15H,4-5,14,16H2,1-3H3,(H,24,27)(H,25,26)/b13-9+. The number of amides is 2. The fourth-order valence-electron chi connectivity index (χ4n) is 2.57. The van der Waals surface area contributed by atoms with Crippen LogP contribution in [-0.4, -0.2) is 25.5 Å². The van der Waals surface area contributed by atoms with E-state index in [2.05, 4.69) is 17.6 Å². The van der Waals surface area contributed by atoms with Crippen LogP contribution >= 0.6 is 0 Å². The van der Waals surface area contributed by atoms with Gasteiger partial charge in [0.15, 0.2) is 11.5 Å². The second-order valence-electron chi connectivity index (χ2n) is 6.54. The van der Waals surface area contributed by atoms with Crippen molar-refractivity contribution in [1.82, 2.24) is 5.32 Å². The number of benzene rings is 2. The van der Waals surface area contributed by atoms with Gasteiger partial charge in [-0.1, -0.05) is 31.5 Å². The fourth-order valence-corrected chi connectivity index (χ4v) is 2.57. The minimum Gasteiger partial charge on any atom is -0.493 e. The highest BCUT2D eigenvalue weighted by Gasteiger charge is 2.06. The lowest BCUT2D eigenvalue weighted by molar-refractivity contribution is -0.116. The Morgan fingerprint density at radius 2 is 1.83 bits per heavy atom. The third-order valence-electron chi connectivity index (χ3n) is 4.11. The van der Waals surface area contributed by atoms with E-state index in [0.29, 0.717) is 24.7 Å². The number of rotatable bonds is 10. The molecule has 154 valence electrons. The molecule has 6 heteroatoms. The first-order chi connectivity index (χ1) is 14.0. The van der Waals surface area contributed by atoms with Crippen LogP contribution < -0.4 is 20.1 Å². The third kappa shape index (κ3) is 7.70. The van der Waals surface area contributed by atoms with E-state index < -0.39 is 0 Å². The molecule has 0 spiro atoms. The van der Waals surface area contributed by atoms with E-state index in [1.54, 1.807) is 25.3 Å². The molecule has 0 atom stereocenters. The Morgan fingerprint density at radius 1 is 1.07 bits per heavy atom. The van der Waals surface area contributed by atoms with Gasteiger partial charge < -0.3 is 20.1 Å². The molecule has 2 N–H and O–H groups in total. The Bertz CT molecular complexity index is 844. The summed E-state index contributed by atoms with van der Waals surface area (Å²) in [6.45, 7) is 4.61. The maximum atomic E-state index is 12.1. The predicted octanol–water partition coefficient (Wildman–Crippen LogP) is 4.16. The maximum Gasteiger partial charge on any atom is 0.244 e. The lowest BCUT2D eigenvalue weighted by atomic mass is 10.2. The normalized spacial score (nSPS) is 10.6. The highest BCUT2D eigenvalue weighted by molar-refractivity contribution is 5.92. The van der Waals surface area contributed by atoms with Crippen LogP contribution in [0.25, 0.3) is 6.08 Å². The molecule has 0 heterocycles. The van der Waals surface area contributed by atoms with Gasteiger partial charge in [0.25, 0.3) is 0 Å². The minimum absolute atomic E-state index is 0.121. The summed E-state index contributed by atoms with van der Waals surface area (Å²) in [5, 5.41) is 5.55. The topological polar surface area (TPSA) is 76.7 Å². The largest absolute Gasteiger partial charge is 0.493 e. The van der Waals surface area contributed by atoms with Gasteiger partial charge in [0.2, 0.25) is 11.8 Å². The smallest absolute Gasteiger partial charge is 0.244 e. The number of carbonyl (C=O) groups is 2. The summed E-state index contributed by atoms with van der Waals surface area (Å²) in [6, 6.07) is 12.9. The number of hydrogen-bond acceptors (Lipinski definition) is 4. The van der Waals surface area contributed by atoms with Gasteiger partial charge in [-0.2, -0.15) is 0 Å². The number of nitrogens with one attached hydrogen (secondary N) is 2. The minimum atomic E-state index is -0.196. The Kier molecular flexibility index (Phi) is 8.76. The SMILES string of the molecule is CCCCOc1ccc(CNC(=O)/C=C/c2ccc(NC(C)=O)cc2)cc1OC. The number of ether oxygens (including phenoxy) is 2. The number of carbonyl (C=O) groups excluding carboxylic acids is 2. The van der Waals surface area contributed by atoms with Crippen molar-refractivity contribution in [3.63, 3.8) is 0 Å². The summed E-state index contributed by atoms with van der Waals surface area (Å²) in [5.74, 6) is 1.05. The van der Waals surface area contributed by atoms with Crippen LogP contribution in [0.1, 0.15) is 37.8 Å². The van der Waals surface area contributed by atoms with Gasteiger partial charge >= 0.3 is 0 Å². The van der Waals surface area contributed by atoms with Gasteiger partial charge in [-0.25, -0.2) is 0 Å². The first-order valence-corrected chi connectivity index (χ1v) is 9.65. The van der Waals surface area contributed by atoms with Crippen molar-refractivity contribution >= 4 is 23.6 Å². The van der Waals surface area contributed by atoms with E-state index in [4.69, 9.17) is 9.47 Å². The summed E-state index contributed by atoms with van der Waals surface area (Å²) in [4.78, 5) is 23.1. The molecule has 29 heavy (non-hydrogen) atoms. The molecule has 0 aliphatic carbocycles. The average Bonchev–Trinajstić information content (AvgIpc) is 2.72. The molecular weight excluding hydrogens is 368 g/mol. The van der Waals surface area contributed by atoms with Crippen LogP contribution in [0, 0.1) is 0 Å². The van der Waals surface area contributed by atoms with Gasteiger partial charge in [-0.15, -0.1) is 0 Å². The van der Waals surface area contributed by atoms with Crippen molar-refractivity contribution in [3.05, 3.63) is 59.7 Å². The van der Waals surface area contributed by atoms with Crippen molar-refractivity contribution in [2.75, 3.05) is 19.0 Å². The highest BCUT2D eigenvalue weighted by atomic mass is 16.5. The van der Waals surface area contributed by atoms with E-state index >= 15 is 0 Å². The number of anilines is 1. The van der Waals surface area contributed by atoms with E-state index in [1.165, 1.54) is 13.0 Å². The Balaban J connectivity index is 1.88. The molecule has 0 aliphatic rings. The van der Waals surface area contributed by atoms with Crippen LogP contribution in [-0.2, 0) is 16.1 Å².